The molecule has 1 aliphatic heterocycles. The van der Waals surface area contributed by atoms with Gasteiger partial charge in [-0.05, 0) is 22.9 Å². The second-order valence-electron chi connectivity index (χ2n) is 6.91. The molecule has 0 spiro atoms. The topological polar surface area (TPSA) is 77.8 Å². The molecule has 0 saturated heterocycles. The van der Waals surface area contributed by atoms with E-state index in [-0.39, 0.29) is 39.0 Å². The van der Waals surface area contributed by atoms with Gasteiger partial charge in [-0.3, -0.25) is 14.5 Å². The number of carbonyl (C=O) groups excluding carboxylic acids is 2. The number of aliphatic hydroxyl groups is 2. The van der Waals surface area contributed by atoms with E-state index in [1.807, 2.05) is 12.1 Å². The molecule has 0 aliphatic carbocycles. The number of hydrogen-bond donors (Lipinski definition) is 2. The summed E-state index contributed by atoms with van der Waals surface area (Å²) in [5, 5.41) is 21.0. The van der Waals surface area contributed by atoms with Crippen LogP contribution < -0.4 is 0 Å². The van der Waals surface area contributed by atoms with E-state index in [1.54, 1.807) is 45.0 Å². The number of imide groups is 1. The van der Waals surface area contributed by atoms with Crippen LogP contribution in [0.3, 0.4) is 0 Å². The van der Waals surface area contributed by atoms with Gasteiger partial charge in [0, 0.05) is 55.5 Å². The molecule has 25 heavy (non-hydrogen) atoms. The average molecular weight is 519 g/mol. The van der Waals surface area contributed by atoms with Gasteiger partial charge < -0.3 is 10.2 Å². The Morgan fingerprint density at radius 2 is 1.32 bits per heavy atom. The van der Waals surface area contributed by atoms with E-state index in [1.165, 1.54) is 0 Å². The Hall–Kier alpha value is -0.993. The molecule has 2 N–H and O–H groups in total. The van der Waals surface area contributed by atoms with Crippen molar-refractivity contribution in [3.8, 4) is 0 Å². The summed E-state index contributed by atoms with van der Waals surface area (Å²) in [6, 6.07) is 9.50. The Balaban J connectivity index is 0.00000156. The van der Waals surface area contributed by atoms with Crippen molar-refractivity contribution in [3.63, 3.8) is 0 Å². The van der Waals surface area contributed by atoms with Gasteiger partial charge in [-0.25, -0.2) is 0 Å². The number of benzene rings is 2. The summed E-state index contributed by atoms with van der Waals surface area (Å²) in [5.41, 5.74) is 0.139. The average Bonchev–Trinajstić information content (AvgIpc) is 2.47. The van der Waals surface area contributed by atoms with E-state index in [0.717, 1.165) is 10.3 Å². The second-order valence-corrected chi connectivity index (χ2v) is 6.91. The van der Waals surface area contributed by atoms with Gasteiger partial charge in [0.25, 0.3) is 11.8 Å². The minimum Gasteiger partial charge on any atom is -0.366 e. The SMILES string of the molecule is CC(C)(C)[C@H](C(O)O)N1C(=O)c2cccc3cccc(c23)C1=O.[Rh].[Rh]. The van der Waals surface area contributed by atoms with Crippen molar-refractivity contribution in [2.24, 2.45) is 5.41 Å². The molecule has 0 unspecified atom stereocenters. The molecular weight excluding hydrogens is 500 g/mol. The third-order valence-corrected chi connectivity index (χ3v) is 4.25. The molecule has 3 rings (SSSR count). The molecule has 0 fully saturated rings. The minimum absolute atomic E-state index is 0. The summed E-state index contributed by atoms with van der Waals surface area (Å²) in [4.78, 5) is 26.8. The van der Waals surface area contributed by atoms with Crippen LogP contribution in [0.5, 0.6) is 0 Å². The minimum atomic E-state index is -1.81. The van der Waals surface area contributed by atoms with Crippen molar-refractivity contribution in [1.29, 1.82) is 0 Å². The zero-order valence-electron chi connectivity index (χ0n) is 13.9. The quantitative estimate of drug-likeness (QED) is 0.363. The van der Waals surface area contributed by atoms with E-state index in [0.29, 0.717) is 16.5 Å². The summed E-state index contributed by atoms with van der Waals surface area (Å²) in [6.45, 7) is 5.29. The van der Waals surface area contributed by atoms with Gasteiger partial charge >= 0.3 is 0 Å². The zero-order valence-corrected chi connectivity index (χ0v) is 17.2. The summed E-state index contributed by atoms with van der Waals surface area (Å²) < 4.78 is 0. The largest absolute Gasteiger partial charge is 0.366 e. The van der Waals surface area contributed by atoms with E-state index in [2.05, 4.69) is 0 Å². The molecule has 0 aromatic heterocycles. The van der Waals surface area contributed by atoms with Crippen LogP contribution in [0.4, 0.5) is 0 Å². The monoisotopic (exact) mass is 519 g/mol. The van der Waals surface area contributed by atoms with E-state index >= 15 is 0 Å². The number of carbonyl (C=O) groups is 2. The molecule has 2 radical (unpaired) electrons. The van der Waals surface area contributed by atoms with Crippen LogP contribution in [0.1, 0.15) is 41.5 Å². The summed E-state index contributed by atoms with van der Waals surface area (Å²) in [6.07, 6.45) is -1.81. The maximum absolute atomic E-state index is 12.9. The molecule has 2 amide bonds. The van der Waals surface area contributed by atoms with Gasteiger partial charge in [0.1, 0.15) is 0 Å². The first kappa shape index (κ1) is 22.0. The van der Waals surface area contributed by atoms with Crippen molar-refractivity contribution in [1.82, 2.24) is 4.90 Å². The van der Waals surface area contributed by atoms with Gasteiger partial charge in [-0.15, -0.1) is 0 Å². The van der Waals surface area contributed by atoms with Crippen molar-refractivity contribution in [3.05, 3.63) is 47.5 Å². The van der Waals surface area contributed by atoms with Crippen molar-refractivity contribution in [2.75, 3.05) is 0 Å². The Bertz CT molecular complexity index is 764. The maximum Gasteiger partial charge on any atom is 0.261 e. The number of nitrogens with zero attached hydrogens (tertiary/aromatic N) is 1. The number of amides is 2. The van der Waals surface area contributed by atoms with Gasteiger partial charge in [0.05, 0.1) is 6.04 Å². The van der Waals surface area contributed by atoms with E-state index < -0.39 is 29.6 Å². The predicted molar refractivity (Wildman–Crippen MR) is 85.9 cm³/mol. The summed E-state index contributed by atoms with van der Waals surface area (Å²) in [7, 11) is 0. The van der Waals surface area contributed by atoms with Crippen molar-refractivity contribution < 1.29 is 58.8 Å². The Kier molecular flexibility index (Phi) is 6.80. The number of hydrogen-bond acceptors (Lipinski definition) is 4. The first-order valence-electron chi connectivity index (χ1n) is 7.49. The van der Waals surface area contributed by atoms with Crippen LogP contribution in [0.15, 0.2) is 36.4 Å². The van der Waals surface area contributed by atoms with Crippen LogP contribution >= 0.6 is 0 Å². The molecular formula is C18H19NO4Rh2. The first-order chi connectivity index (χ1) is 10.7. The normalized spacial score (nSPS) is 15.0. The van der Waals surface area contributed by atoms with Gasteiger partial charge in [-0.1, -0.05) is 45.0 Å². The molecule has 2 aromatic rings. The summed E-state index contributed by atoms with van der Waals surface area (Å²) >= 11 is 0. The smallest absolute Gasteiger partial charge is 0.261 e. The standard InChI is InChI=1S/C18H19NO4.2Rh/c1-18(2,3)14(17(22)23)19-15(20)11-8-4-6-10-7-5-9-12(13(10)11)16(19)21;;/h4-9,14,17,22-23H,1-3H3;;/t14-;;/m0../s1. The molecule has 1 atom stereocenters. The molecule has 2 aromatic carbocycles. The van der Waals surface area contributed by atoms with E-state index in [9.17, 15) is 19.8 Å². The second kappa shape index (κ2) is 7.71. The fraction of sp³-hybridized carbons (Fsp3) is 0.333. The molecule has 7 heteroatoms. The van der Waals surface area contributed by atoms with Crippen LogP contribution in [-0.2, 0) is 39.0 Å². The third kappa shape index (κ3) is 3.61. The molecule has 138 valence electrons. The molecule has 0 bridgehead atoms. The van der Waals surface area contributed by atoms with Crippen LogP contribution in [0.25, 0.3) is 10.8 Å². The fourth-order valence-electron chi connectivity index (χ4n) is 3.27. The van der Waals surface area contributed by atoms with Crippen LogP contribution in [-0.4, -0.2) is 39.3 Å². The van der Waals surface area contributed by atoms with E-state index in [4.69, 9.17) is 0 Å². The zero-order chi connectivity index (χ0) is 16.9. The van der Waals surface area contributed by atoms with Crippen LogP contribution in [0.2, 0.25) is 0 Å². The third-order valence-electron chi connectivity index (χ3n) is 4.25. The Morgan fingerprint density at radius 1 is 0.880 bits per heavy atom. The summed E-state index contributed by atoms with van der Waals surface area (Å²) in [5.74, 6) is -0.986. The Labute approximate surface area is 171 Å². The maximum atomic E-state index is 12.9. The molecule has 1 aliphatic rings. The van der Waals surface area contributed by atoms with Crippen molar-refractivity contribution >= 4 is 22.6 Å². The van der Waals surface area contributed by atoms with Gasteiger partial charge in [0.15, 0.2) is 6.29 Å². The predicted octanol–water partition coefficient (Wildman–Crippen LogP) is 2.16. The van der Waals surface area contributed by atoms with Gasteiger partial charge in [-0.2, -0.15) is 0 Å². The van der Waals surface area contributed by atoms with Crippen molar-refractivity contribution in [2.45, 2.75) is 33.1 Å². The first-order valence-corrected chi connectivity index (χ1v) is 7.49. The Morgan fingerprint density at radius 3 is 1.68 bits per heavy atom. The molecule has 0 saturated carbocycles. The van der Waals surface area contributed by atoms with Crippen LogP contribution in [0, 0.1) is 5.41 Å². The number of aliphatic hydroxyl groups excluding tert-OH is 1. The van der Waals surface area contributed by atoms with Gasteiger partial charge in [0.2, 0.25) is 0 Å². The fourth-order valence-corrected chi connectivity index (χ4v) is 3.27. The molecule has 5 nitrogen and oxygen atoms in total. The molecule has 1 heterocycles. The number of rotatable bonds is 2.